The van der Waals surface area contributed by atoms with Gasteiger partial charge in [-0.2, -0.15) is 0 Å². The van der Waals surface area contributed by atoms with E-state index in [1.54, 1.807) is 21.0 Å². The monoisotopic (exact) mass is 498 g/mol. The molecule has 36 heavy (non-hydrogen) atoms. The van der Waals surface area contributed by atoms with Gasteiger partial charge in [0.15, 0.2) is 5.92 Å². The Hall–Kier alpha value is -3.39. The zero-order valence-electron chi connectivity index (χ0n) is 21.5. The number of hydrogen-bond acceptors (Lipinski definition) is 7. The Kier molecular flexibility index (Phi) is 13.1. The van der Waals surface area contributed by atoms with Gasteiger partial charge in [0.1, 0.15) is 5.75 Å². The number of para-hydroxylation sites is 1. The van der Waals surface area contributed by atoms with E-state index in [9.17, 15) is 14.4 Å². The number of methoxy groups -OCH3 is 1. The van der Waals surface area contributed by atoms with Crippen LogP contribution < -0.4 is 15.4 Å². The molecule has 0 saturated carbocycles. The largest absolute Gasteiger partial charge is 0.497 e. The molecule has 2 aromatic carbocycles. The Balaban J connectivity index is 1.92. The van der Waals surface area contributed by atoms with Crippen LogP contribution in [0.5, 0.6) is 5.75 Å². The number of amides is 1. The lowest BCUT2D eigenvalue weighted by Gasteiger charge is -2.19. The van der Waals surface area contributed by atoms with Crippen molar-refractivity contribution in [1.29, 1.82) is 0 Å². The quantitative estimate of drug-likeness (QED) is 0.200. The van der Waals surface area contributed by atoms with E-state index in [0.717, 1.165) is 29.8 Å². The molecule has 0 aromatic heterocycles. The second-order valence-corrected chi connectivity index (χ2v) is 8.33. The summed E-state index contributed by atoms with van der Waals surface area (Å²) in [6.07, 6.45) is 3.12. The van der Waals surface area contributed by atoms with Gasteiger partial charge < -0.3 is 24.8 Å². The molecule has 1 atom stereocenters. The van der Waals surface area contributed by atoms with Crippen LogP contribution >= 0.6 is 0 Å². The van der Waals surface area contributed by atoms with Crippen molar-refractivity contribution in [2.45, 2.75) is 58.5 Å². The topological polar surface area (TPSA) is 103 Å². The number of anilines is 1. The lowest BCUT2D eigenvalue weighted by atomic mass is 9.99. The maximum absolute atomic E-state index is 13.0. The smallest absolute Gasteiger partial charge is 0.320 e. The third kappa shape index (κ3) is 10.1. The highest BCUT2D eigenvalue weighted by Crippen LogP contribution is 2.17. The summed E-state index contributed by atoms with van der Waals surface area (Å²) in [5, 5.41) is 6.33. The first-order valence-corrected chi connectivity index (χ1v) is 12.5. The molecule has 0 aliphatic carbocycles. The van der Waals surface area contributed by atoms with E-state index in [0.29, 0.717) is 25.8 Å². The van der Waals surface area contributed by atoms with Crippen molar-refractivity contribution < 1.29 is 28.6 Å². The minimum absolute atomic E-state index is 0.106. The van der Waals surface area contributed by atoms with Gasteiger partial charge in [-0.3, -0.25) is 14.4 Å². The summed E-state index contributed by atoms with van der Waals surface area (Å²) in [5.41, 5.74) is 1.78. The van der Waals surface area contributed by atoms with Gasteiger partial charge in [0, 0.05) is 12.2 Å². The summed E-state index contributed by atoms with van der Waals surface area (Å²) in [5.74, 6) is -1.32. The summed E-state index contributed by atoms with van der Waals surface area (Å²) in [7, 11) is 1.62. The number of ether oxygens (including phenoxy) is 3. The summed E-state index contributed by atoms with van der Waals surface area (Å²) in [6.45, 7) is 4.38. The fraction of sp³-hybridized carbons (Fsp3) is 0.464. The van der Waals surface area contributed by atoms with Crippen LogP contribution in [0.3, 0.4) is 0 Å². The molecule has 8 heteroatoms. The Bertz CT molecular complexity index is 915. The van der Waals surface area contributed by atoms with Crippen LogP contribution in [0.15, 0.2) is 54.6 Å². The summed E-state index contributed by atoms with van der Waals surface area (Å²) < 4.78 is 15.3. The second-order valence-electron chi connectivity index (χ2n) is 8.33. The summed E-state index contributed by atoms with van der Waals surface area (Å²) in [4.78, 5) is 37.3. The molecule has 196 valence electrons. The second kappa shape index (κ2) is 16.3. The number of esters is 2. The van der Waals surface area contributed by atoms with E-state index in [4.69, 9.17) is 14.2 Å². The SMILES string of the molecule is CCOC(=O)C(CCCCC[C@H](NCc1ccc(OC)cc1)C(=O)Nc1ccccc1)C(=O)OCC. The summed E-state index contributed by atoms with van der Waals surface area (Å²) in [6, 6.07) is 16.6. The van der Waals surface area contributed by atoms with Crippen molar-refractivity contribution in [2.24, 2.45) is 5.92 Å². The van der Waals surface area contributed by atoms with E-state index in [2.05, 4.69) is 10.6 Å². The number of rotatable bonds is 16. The lowest BCUT2D eigenvalue weighted by Crippen LogP contribution is -2.40. The average molecular weight is 499 g/mol. The normalized spacial score (nSPS) is 11.6. The highest BCUT2D eigenvalue weighted by molar-refractivity contribution is 5.95. The molecule has 0 heterocycles. The van der Waals surface area contributed by atoms with Crippen LogP contribution in [0.4, 0.5) is 5.69 Å². The van der Waals surface area contributed by atoms with Crippen LogP contribution in [0.1, 0.15) is 51.5 Å². The molecule has 0 unspecified atom stereocenters. The molecular formula is C28H38N2O6. The van der Waals surface area contributed by atoms with Gasteiger partial charge in [0.25, 0.3) is 0 Å². The van der Waals surface area contributed by atoms with Gasteiger partial charge in [-0.25, -0.2) is 0 Å². The Morgan fingerprint density at radius 3 is 2.00 bits per heavy atom. The van der Waals surface area contributed by atoms with E-state index in [-0.39, 0.29) is 19.1 Å². The van der Waals surface area contributed by atoms with E-state index in [1.165, 1.54) is 0 Å². The van der Waals surface area contributed by atoms with Gasteiger partial charge in [0.2, 0.25) is 5.91 Å². The molecule has 8 nitrogen and oxygen atoms in total. The van der Waals surface area contributed by atoms with Gasteiger partial charge in [-0.05, 0) is 56.5 Å². The molecule has 1 amide bonds. The van der Waals surface area contributed by atoms with Crippen molar-refractivity contribution in [3.05, 3.63) is 60.2 Å². The Morgan fingerprint density at radius 2 is 1.42 bits per heavy atom. The zero-order valence-corrected chi connectivity index (χ0v) is 21.5. The number of hydrogen-bond donors (Lipinski definition) is 2. The van der Waals surface area contributed by atoms with E-state index in [1.807, 2.05) is 54.6 Å². The molecule has 2 rings (SSSR count). The number of carbonyl (C=O) groups excluding carboxylic acids is 3. The van der Waals surface area contributed by atoms with Crippen molar-refractivity contribution in [3.8, 4) is 5.75 Å². The first-order chi connectivity index (χ1) is 17.5. The molecule has 0 spiro atoms. The van der Waals surface area contributed by atoms with E-state index >= 15 is 0 Å². The van der Waals surface area contributed by atoms with Crippen LogP contribution in [0.25, 0.3) is 0 Å². The highest BCUT2D eigenvalue weighted by atomic mass is 16.6. The van der Waals surface area contributed by atoms with Gasteiger partial charge in [0.05, 0.1) is 26.4 Å². The number of nitrogens with one attached hydrogen (secondary N) is 2. The lowest BCUT2D eigenvalue weighted by molar-refractivity contribution is -0.162. The first-order valence-electron chi connectivity index (χ1n) is 12.5. The minimum atomic E-state index is -0.907. The fourth-order valence-corrected chi connectivity index (χ4v) is 3.75. The molecule has 0 bridgehead atoms. The van der Waals surface area contributed by atoms with Gasteiger partial charge in [-0.15, -0.1) is 0 Å². The van der Waals surface area contributed by atoms with Crippen molar-refractivity contribution in [1.82, 2.24) is 5.32 Å². The number of carbonyl (C=O) groups is 3. The van der Waals surface area contributed by atoms with Gasteiger partial charge in [-0.1, -0.05) is 49.6 Å². The van der Waals surface area contributed by atoms with Crippen molar-refractivity contribution >= 4 is 23.5 Å². The van der Waals surface area contributed by atoms with Crippen molar-refractivity contribution in [3.63, 3.8) is 0 Å². The molecule has 2 N–H and O–H groups in total. The van der Waals surface area contributed by atoms with Crippen LogP contribution in [0, 0.1) is 5.92 Å². The van der Waals surface area contributed by atoms with Crippen LogP contribution in [-0.4, -0.2) is 44.2 Å². The maximum atomic E-state index is 13.0. The zero-order chi connectivity index (χ0) is 26.2. The Morgan fingerprint density at radius 1 is 0.806 bits per heavy atom. The van der Waals surface area contributed by atoms with Crippen LogP contribution in [-0.2, 0) is 30.4 Å². The highest BCUT2D eigenvalue weighted by Gasteiger charge is 2.29. The third-order valence-corrected chi connectivity index (χ3v) is 5.70. The number of unbranched alkanes of at least 4 members (excludes halogenated alkanes) is 2. The van der Waals surface area contributed by atoms with E-state index < -0.39 is 23.9 Å². The summed E-state index contributed by atoms with van der Waals surface area (Å²) >= 11 is 0. The molecule has 0 aliphatic heterocycles. The Labute approximate surface area is 213 Å². The number of benzene rings is 2. The average Bonchev–Trinajstić information content (AvgIpc) is 2.88. The third-order valence-electron chi connectivity index (χ3n) is 5.70. The molecule has 0 saturated heterocycles. The molecular weight excluding hydrogens is 460 g/mol. The molecule has 0 aliphatic rings. The fourth-order valence-electron chi connectivity index (χ4n) is 3.75. The van der Waals surface area contributed by atoms with Gasteiger partial charge >= 0.3 is 11.9 Å². The minimum Gasteiger partial charge on any atom is -0.497 e. The maximum Gasteiger partial charge on any atom is 0.320 e. The standard InChI is InChI=1S/C28H38N2O6/c1-4-35-27(32)24(28(33)36-5-2)14-10-7-11-15-25(26(31)30-22-12-8-6-9-13-22)29-20-21-16-18-23(34-3)19-17-21/h6,8-9,12-13,16-19,24-25,29H,4-5,7,10-11,14-15,20H2,1-3H3,(H,30,31)/t25-/m0/s1. The van der Waals surface area contributed by atoms with Crippen LogP contribution in [0.2, 0.25) is 0 Å². The first kappa shape index (κ1) is 28.8. The van der Waals surface area contributed by atoms with Crippen molar-refractivity contribution in [2.75, 3.05) is 25.6 Å². The predicted molar refractivity (Wildman–Crippen MR) is 139 cm³/mol. The molecule has 0 radical (unpaired) electrons. The molecule has 0 fully saturated rings. The predicted octanol–water partition coefficient (Wildman–Crippen LogP) is 4.49. The molecule has 2 aromatic rings.